The summed E-state index contributed by atoms with van der Waals surface area (Å²) in [4.78, 5) is 13.7. The van der Waals surface area contributed by atoms with E-state index in [-0.39, 0.29) is 23.1 Å². The van der Waals surface area contributed by atoms with Crippen molar-refractivity contribution in [1.29, 1.82) is 0 Å². The molecule has 1 aromatic carbocycles. The molecule has 0 bridgehead atoms. The maximum Gasteiger partial charge on any atom is 0.269 e. The summed E-state index contributed by atoms with van der Waals surface area (Å²) in [5.41, 5.74) is 0.472. The molecule has 0 spiro atoms. The first kappa shape index (κ1) is 18.8. The second-order valence-corrected chi connectivity index (χ2v) is 6.07. The van der Waals surface area contributed by atoms with Crippen molar-refractivity contribution in [1.82, 2.24) is 25.5 Å². The number of rotatable bonds is 7. The molecule has 1 amide bonds. The van der Waals surface area contributed by atoms with Gasteiger partial charge in [0.1, 0.15) is 5.75 Å². The van der Waals surface area contributed by atoms with Crippen molar-refractivity contribution in [2.45, 2.75) is 46.3 Å². The highest BCUT2D eigenvalue weighted by atomic mass is 32.1. The van der Waals surface area contributed by atoms with Crippen LogP contribution in [0.3, 0.4) is 0 Å². The minimum absolute atomic E-state index is 0.0784. The SMILES string of the molecule is CCCCn1nnc(NC(=S)NC(=O)c2ccc(OC(C)C)cc2)n1. The third kappa shape index (κ3) is 6.11. The number of carbonyl (C=O) groups excluding carboxylic acids is 1. The molecule has 134 valence electrons. The summed E-state index contributed by atoms with van der Waals surface area (Å²) in [6.45, 7) is 6.66. The number of aromatic nitrogens is 4. The van der Waals surface area contributed by atoms with Crippen LogP contribution in [0.5, 0.6) is 5.75 Å². The standard InChI is InChI=1S/C16H22N6O2S/c1-4-5-10-22-20-15(19-21-22)18-16(25)17-14(23)12-6-8-13(9-7-12)24-11(2)3/h6-9,11H,4-5,10H2,1-3H3,(H2,17,18,20,23,25). The summed E-state index contributed by atoms with van der Waals surface area (Å²) in [6.07, 6.45) is 2.09. The predicted octanol–water partition coefficient (Wildman–Crippen LogP) is 2.39. The Kier molecular flexibility index (Phi) is 6.81. The molecule has 1 aromatic heterocycles. The normalized spacial score (nSPS) is 10.6. The Bertz CT molecular complexity index is 714. The highest BCUT2D eigenvalue weighted by Gasteiger charge is 2.10. The minimum Gasteiger partial charge on any atom is -0.491 e. The maximum absolute atomic E-state index is 12.2. The number of unbranched alkanes of at least 4 members (excludes halogenated alkanes) is 1. The van der Waals surface area contributed by atoms with Crippen molar-refractivity contribution < 1.29 is 9.53 Å². The number of nitrogens with zero attached hydrogens (tertiary/aromatic N) is 4. The van der Waals surface area contributed by atoms with Crippen LogP contribution in [-0.2, 0) is 6.54 Å². The Morgan fingerprint density at radius 2 is 2.04 bits per heavy atom. The van der Waals surface area contributed by atoms with E-state index in [4.69, 9.17) is 17.0 Å². The summed E-state index contributed by atoms with van der Waals surface area (Å²) < 4.78 is 5.54. The lowest BCUT2D eigenvalue weighted by atomic mass is 10.2. The van der Waals surface area contributed by atoms with Gasteiger partial charge in [-0.25, -0.2) is 0 Å². The van der Waals surface area contributed by atoms with Crippen LogP contribution in [0.25, 0.3) is 0 Å². The van der Waals surface area contributed by atoms with Gasteiger partial charge in [-0.15, -0.1) is 5.10 Å². The zero-order valence-corrected chi connectivity index (χ0v) is 15.3. The number of benzene rings is 1. The number of anilines is 1. The number of amides is 1. The molecule has 1 heterocycles. The summed E-state index contributed by atoms with van der Waals surface area (Å²) in [6, 6.07) is 6.84. The summed E-state index contributed by atoms with van der Waals surface area (Å²) in [5.74, 6) is 0.634. The molecule has 2 aromatic rings. The van der Waals surface area contributed by atoms with Crippen molar-refractivity contribution in [3.8, 4) is 5.75 Å². The molecule has 0 saturated heterocycles. The number of thiocarbonyl (C=S) groups is 1. The molecule has 0 saturated carbocycles. The predicted molar refractivity (Wildman–Crippen MR) is 98.6 cm³/mol. The van der Waals surface area contributed by atoms with Gasteiger partial charge in [0.2, 0.25) is 0 Å². The molecule has 25 heavy (non-hydrogen) atoms. The van der Waals surface area contributed by atoms with E-state index in [1.807, 2.05) is 13.8 Å². The number of tetrazole rings is 1. The van der Waals surface area contributed by atoms with Crippen molar-refractivity contribution in [3.63, 3.8) is 0 Å². The zero-order chi connectivity index (χ0) is 18.2. The van der Waals surface area contributed by atoms with Gasteiger partial charge in [0, 0.05) is 5.56 Å². The van der Waals surface area contributed by atoms with Crippen LogP contribution in [-0.4, -0.2) is 37.3 Å². The van der Waals surface area contributed by atoms with E-state index in [1.165, 1.54) is 4.80 Å². The van der Waals surface area contributed by atoms with Gasteiger partial charge in [-0.3, -0.25) is 15.4 Å². The van der Waals surface area contributed by atoms with E-state index in [0.717, 1.165) is 12.8 Å². The topological polar surface area (TPSA) is 94.0 Å². The van der Waals surface area contributed by atoms with Crippen LogP contribution in [0.4, 0.5) is 5.95 Å². The van der Waals surface area contributed by atoms with Crippen molar-refractivity contribution in [2.75, 3.05) is 5.32 Å². The van der Waals surface area contributed by atoms with Crippen LogP contribution in [0.2, 0.25) is 0 Å². The molecule has 8 nitrogen and oxygen atoms in total. The lowest BCUT2D eigenvalue weighted by Crippen LogP contribution is -2.34. The number of aryl methyl sites for hydroxylation is 1. The van der Waals surface area contributed by atoms with Gasteiger partial charge in [0.15, 0.2) is 5.11 Å². The Balaban J connectivity index is 1.87. The number of nitrogens with one attached hydrogen (secondary N) is 2. The van der Waals surface area contributed by atoms with Crippen molar-refractivity contribution >= 4 is 29.2 Å². The fraction of sp³-hybridized carbons (Fsp3) is 0.438. The molecule has 9 heteroatoms. The molecule has 0 aliphatic rings. The first-order valence-corrected chi connectivity index (χ1v) is 8.55. The Hall–Kier alpha value is -2.55. The monoisotopic (exact) mass is 362 g/mol. The smallest absolute Gasteiger partial charge is 0.269 e. The van der Waals surface area contributed by atoms with E-state index in [0.29, 0.717) is 17.9 Å². The maximum atomic E-state index is 12.2. The van der Waals surface area contributed by atoms with Gasteiger partial charge in [-0.05, 0) is 62.0 Å². The Morgan fingerprint density at radius 1 is 1.32 bits per heavy atom. The molecule has 2 N–H and O–H groups in total. The summed E-state index contributed by atoms with van der Waals surface area (Å²) in [7, 11) is 0. The fourth-order valence-electron chi connectivity index (χ4n) is 1.95. The fourth-order valence-corrected chi connectivity index (χ4v) is 2.14. The van der Waals surface area contributed by atoms with E-state index >= 15 is 0 Å². The van der Waals surface area contributed by atoms with Crippen LogP contribution < -0.4 is 15.4 Å². The second kappa shape index (κ2) is 9.07. The largest absolute Gasteiger partial charge is 0.491 e. The number of hydrogen-bond donors (Lipinski definition) is 2. The highest BCUT2D eigenvalue weighted by Crippen LogP contribution is 2.13. The molecule has 0 radical (unpaired) electrons. The average molecular weight is 362 g/mol. The Morgan fingerprint density at radius 3 is 2.68 bits per heavy atom. The van der Waals surface area contributed by atoms with Gasteiger partial charge in [-0.2, -0.15) is 4.80 Å². The minimum atomic E-state index is -0.327. The van der Waals surface area contributed by atoms with Crippen LogP contribution >= 0.6 is 12.2 Å². The molecule has 0 aliphatic carbocycles. The van der Waals surface area contributed by atoms with Crippen LogP contribution in [0.15, 0.2) is 24.3 Å². The third-order valence-corrected chi connectivity index (χ3v) is 3.31. The molecular weight excluding hydrogens is 340 g/mol. The van der Waals surface area contributed by atoms with Crippen molar-refractivity contribution in [2.24, 2.45) is 0 Å². The zero-order valence-electron chi connectivity index (χ0n) is 14.5. The van der Waals surface area contributed by atoms with E-state index < -0.39 is 0 Å². The molecule has 0 unspecified atom stereocenters. The number of carbonyl (C=O) groups is 1. The molecular formula is C16H22N6O2S. The third-order valence-electron chi connectivity index (χ3n) is 3.11. The van der Waals surface area contributed by atoms with Gasteiger partial charge < -0.3 is 4.74 Å². The lowest BCUT2D eigenvalue weighted by molar-refractivity contribution is 0.0977. The highest BCUT2D eigenvalue weighted by molar-refractivity contribution is 7.80. The van der Waals surface area contributed by atoms with Gasteiger partial charge in [-0.1, -0.05) is 18.4 Å². The lowest BCUT2D eigenvalue weighted by Gasteiger charge is -2.10. The first-order chi connectivity index (χ1) is 12.0. The molecule has 2 rings (SSSR count). The summed E-state index contributed by atoms with van der Waals surface area (Å²) in [5, 5.41) is 17.3. The number of hydrogen-bond acceptors (Lipinski definition) is 6. The quantitative estimate of drug-likeness (QED) is 0.730. The first-order valence-electron chi connectivity index (χ1n) is 8.14. The molecule has 0 aliphatic heterocycles. The number of ether oxygens (including phenoxy) is 1. The second-order valence-electron chi connectivity index (χ2n) is 5.66. The summed E-state index contributed by atoms with van der Waals surface area (Å²) >= 11 is 5.11. The van der Waals surface area contributed by atoms with E-state index in [2.05, 4.69) is 33.0 Å². The molecule has 0 atom stereocenters. The van der Waals surface area contributed by atoms with Crippen LogP contribution in [0, 0.1) is 0 Å². The van der Waals surface area contributed by atoms with Gasteiger partial charge >= 0.3 is 0 Å². The Labute approximate surface area is 151 Å². The van der Waals surface area contributed by atoms with E-state index in [9.17, 15) is 4.79 Å². The van der Waals surface area contributed by atoms with Crippen LogP contribution in [0.1, 0.15) is 44.0 Å². The van der Waals surface area contributed by atoms with Gasteiger partial charge in [0.05, 0.1) is 12.6 Å². The molecule has 0 fully saturated rings. The average Bonchev–Trinajstić information content (AvgIpc) is 3.00. The van der Waals surface area contributed by atoms with E-state index in [1.54, 1.807) is 24.3 Å². The van der Waals surface area contributed by atoms with Gasteiger partial charge in [0.25, 0.3) is 11.9 Å². The van der Waals surface area contributed by atoms with Crippen molar-refractivity contribution in [3.05, 3.63) is 29.8 Å².